The van der Waals surface area contributed by atoms with Crippen molar-refractivity contribution in [3.05, 3.63) is 53.0 Å². The molecule has 2 nitrogen and oxygen atoms in total. The fraction of sp³-hybridized carbons (Fsp3) is 0.0714. The van der Waals surface area contributed by atoms with Crippen LogP contribution in [0.1, 0.15) is 5.56 Å². The van der Waals surface area contributed by atoms with Crippen molar-refractivity contribution in [2.24, 2.45) is 4.99 Å². The first-order chi connectivity index (χ1) is 8.34. The normalized spacial score (nSPS) is 13.6. The number of aliphatic imine (C=N–C) groups is 1. The van der Waals surface area contributed by atoms with E-state index in [1.165, 1.54) is 16.8 Å². The summed E-state index contributed by atoms with van der Waals surface area (Å²) < 4.78 is 0. The van der Waals surface area contributed by atoms with E-state index >= 15 is 0 Å². The zero-order valence-corrected chi connectivity index (χ0v) is 10.3. The summed E-state index contributed by atoms with van der Waals surface area (Å²) in [6, 6.07) is 8.62. The first-order valence-corrected chi connectivity index (χ1v) is 6.38. The van der Waals surface area contributed by atoms with Crippen LogP contribution >= 0.6 is 11.3 Å². The highest BCUT2D eigenvalue weighted by Gasteiger charge is 2.08. The van der Waals surface area contributed by atoms with Gasteiger partial charge in [-0.1, -0.05) is 12.1 Å². The molecule has 0 spiro atoms. The number of nitrogens with zero attached hydrogens (tertiary/aromatic N) is 2. The third-order valence-electron chi connectivity index (χ3n) is 2.85. The Hall–Kier alpha value is -1.87. The molecule has 2 aromatic rings. The van der Waals surface area contributed by atoms with Crippen LogP contribution in [0.5, 0.6) is 0 Å². The molecule has 1 aliphatic rings. The highest BCUT2D eigenvalue weighted by molar-refractivity contribution is 7.08. The SMILES string of the molecule is CN1C=CN=Cc2ccc(-c3ccsc3)cc21. The summed E-state index contributed by atoms with van der Waals surface area (Å²) in [5.74, 6) is 0. The molecule has 3 rings (SSSR count). The summed E-state index contributed by atoms with van der Waals surface area (Å²) in [6.45, 7) is 0. The van der Waals surface area contributed by atoms with Crippen molar-refractivity contribution in [3.63, 3.8) is 0 Å². The van der Waals surface area contributed by atoms with Crippen LogP contribution in [0.15, 0.2) is 52.4 Å². The Morgan fingerprint density at radius 3 is 2.94 bits per heavy atom. The molecule has 84 valence electrons. The molecule has 0 atom stereocenters. The Morgan fingerprint density at radius 2 is 2.12 bits per heavy atom. The molecular formula is C14H12N2S. The number of benzene rings is 1. The van der Waals surface area contributed by atoms with Gasteiger partial charge in [0.15, 0.2) is 0 Å². The van der Waals surface area contributed by atoms with E-state index in [0.29, 0.717) is 0 Å². The summed E-state index contributed by atoms with van der Waals surface area (Å²) >= 11 is 1.72. The fourth-order valence-electron chi connectivity index (χ4n) is 1.91. The Bertz CT molecular complexity index is 582. The first kappa shape index (κ1) is 10.3. The summed E-state index contributed by atoms with van der Waals surface area (Å²) in [7, 11) is 2.04. The molecule has 1 aliphatic heterocycles. The van der Waals surface area contributed by atoms with Crippen LogP contribution in [-0.4, -0.2) is 13.3 Å². The molecule has 0 saturated heterocycles. The number of hydrogen-bond donors (Lipinski definition) is 0. The van der Waals surface area contributed by atoms with Gasteiger partial charge in [0.1, 0.15) is 0 Å². The maximum atomic E-state index is 4.21. The van der Waals surface area contributed by atoms with E-state index in [1.807, 2.05) is 25.7 Å². The first-order valence-electron chi connectivity index (χ1n) is 5.44. The van der Waals surface area contributed by atoms with Gasteiger partial charge < -0.3 is 4.90 Å². The van der Waals surface area contributed by atoms with Crippen molar-refractivity contribution < 1.29 is 0 Å². The van der Waals surface area contributed by atoms with Crippen LogP contribution in [0.3, 0.4) is 0 Å². The highest BCUT2D eigenvalue weighted by atomic mass is 32.1. The van der Waals surface area contributed by atoms with Crippen molar-refractivity contribution in [1.82, 2.24) is 0 Å². The van der Waals surface area contributed by atoms with Crippen molar-refractivity contribution >= 4 is 23.2 Å². The van der Waals surface area contributed by atoms with E-state index in [1.54, 1.807) is 11.3 Å². The van der Waals surface area contributed by atoms with Gasteiger partial charge >= 0.3 is 0 Å². The van der Waals surface area contributed by atoms with Crippen molar-refractivity contribution in [2.75, 3.05) is 11.9 Å². The van der Waals surface area contributed by atoms with Gasteiger partial charge in [0.2, 0.25) is 0 Å². The Kier molecular flexibility index (Phi) is 2.53. The second-order valence-corrected chi connectivity index (χ2v) is 4.75. The molecule has 0 amide bonds. The van der Waals surface area contributed by atoms with Crippen LogP contribution < -0.4 is 4.90 Å². The molecule has 0 fully saturated rings. The quantitative estimate of drug-likeness (QED) is 0.741. The summed E-state index contributed by atoms with van der Waals surface area (Å²) in [5, 5.41) is 4.27. The molecule has 3 heteroatoms. The second-order valence-electron chi connectivity index (χ2n) is 3.97. The van der Waals surface area contributed by atoms with E-state index in [2.05, 4.69) is 44.9 Å². The molecule has 1 aromatic carbocycles. The van der Waals surface area contributed by atoms with Crippen LogP contribution in [0.4, 0.5) is 5.69 Å². The lowest BCUT2D eigenvalue weighted by Crippen LogP contribution is -2.09. The average molecular weight is 240 g/mol. The number of anilines is 1. The third kappa shape index (κ3) is 1.89. The zero-order chi connectivity index (χ0) is 11.7. The third-order valence-corrected chi connectivity index (χ3v) is 3.54. The summed E-state index contributed by atoms with van der Waals surface area (Å²) in [4.78, 5) is 6.31. The fourth-order valence-corrected chi connectivity index (χ4v) is 2.57. The van der Waals surface area contributed by atoms with Crippen LogP contribution in [-0.2, 0) is 0 Å². The molecule has 0 unspecified atom stereocenters. The molecular weight excluding hydrogens is 228 g/mol. The summed E-state index contributed by atoms with van der Waals surface area (Å²) in [5.41, 5.74) is 4.86. The van der Waals surface area contributed by atoms with Gasteiger partial charge in [-0.15, -0.1) is 0 Å². The maximum absolute atomic E-state index is 4.21. The van der Waals surface area contributed by atoms with Crippen molar-refractivity contribution in [2.45, 2.75) is 0 Å². The zero-order valence-electron chi connectivity index (χ0n) is 9.50. The van der Waals surface area contributed by atoms with Gasteiger partial charge in [0, 0.05) is 36.9 Å². The standard InChI is InChI=1S/C14H12N2S/c1-16-6-5-15-9-12-3-2-11(8-14(12)16)13-4-7-17-10-13/h2-10H,1H3. The molecule has 2 heterocycles. The lowest BCUT2D eigenvalue weighted by atomic mass is 10.0. The van der Waals surface area contributed by atoms with E-state index in [4.69, 9.17) is 0 Å². The molecule has 0 aliphatic carbocycles. The van der Waals surface area contributed by atoms with Gasteiger partial charge in [0.05, 0.1) is 0 Å². The lowest BCUT2D eigenvalue weighted by molar-refractivity contribution is 1.20. The molecule has 0 saturated carbocycles. The van der Waals surface area contributed by atoms with Crippen molar-refractivity contribution in [3.8, 4) is 11.1 Å². The van der Waals surface area contributed by atoms with Crippen LogP contribution in [0.25, 0.3) is 11.1 Å². The number of thiophene rings is 1. The van der Waals surface area contributed by atoms with E-state index in [9.17, 15) is 0 Å². The van der Waals surface area contributed by atoms with Gasteiger partial charge in [-0.2, -0.15) is 11.3 Å². The van der Waals surface area contributed by atoms with Crippen LogP contribution in [0.2, 0.25) is 0 Å². The van der Waals surface area contributed by atoms with Crippen molar-refractivity contribution in [1.29, 1.82) is 0 Å². The van der Waals surface area contributed by atoms with E-state index in [0.717, 1.165) is 5.56 Å². The maximum Gasteiger partial charge on any atom is 0.0499 e. The second kappa shape index (κ2) is 4.18. The topological polar surface area (TPSA) is 15.6 Å². The minimum atomic E-state index is 1.15. The lowest BCUT2D eigenvalue weighted by Gasteiger charge is -2.16. The number of hydrogen-bond acceptors (Lipinski definition) is 3. The predicted molar refractivity (Wildman–Crippen MR) is 74.9 cm³/mol. The molecule has 1 aromatic heterocycles. The Balaban J connectivity index is 2.12. The van der Waals surface area contributed by atoms with Gasteiger partial charge in [-0.05, 0) is 34.0 Å². The Labute approximate surface area is 105 Å². The monoisotopic (exact) mass is 240 g/mol. The van der Waals surface area contributed by atoms with Gasteiger partial charge in [0.25, 0.3) is 0 Å². The highest BCUT2D eigenvalue weighted by Crippen LogP contribution is 2.29. The van der Waals surface area contributed by atoms with E-state index < -0.39 is 0 Å². The minimum Gasteiger partial charge on any atom is -0.349 e. The molecule has 0 bridgehead atoms. The van der Waals surface area contributed by atoms with Gasteiger partial charge in [-0.3, -0.25) is 4.99 Å². The Morgan fingerprint density at radius 1 is 1.18 bits per heavy atom. The average Bonchev–Trinajstić information content (AvgIpc) is 2.82. The largest absolute Gasteiger partial charge is 0.349 e. The van der Waals surface area contributed by atoms with Gasteiger partial charge in [-0.25, -0.2) is 0 Å². The van der Waals surface area contributed by atoms with E-state index in [-0.39, 0.29) is 0 Å². The molecule has 17 heavy (non-hydrogen) atoms. The molecule has 0 N–H and O–H groups in total. The summed E-state index contributed by atoms with van der Waals surface area (Å²) in [6.07, 6.45) is 5.68. The smallest absolute Gasteiger partial charge is 0.0499 e. The minimum absolute atomic E-state index is 1.15. The number of fused-ring (bicyclic) bond motifs is 1. The predicted octanol–water partition coefficient (Wildman–Crippen LogP) is 3.76. The number of rotatable bonds is 1. The molecule has 0 radical (unpaired) electrons. The van der Waals surface area contributed by atoms with Crippen LogP contribution in [0, 0.1) is 0 Å².